The van der Waals surface area contributed by atoms with Crippen LogP contribution in [-0.4, -0.2) is 43.4 Å². The lowest BCUT2D eigenvalue weighted by Crippen LogP contribution is -2.07. The largest absolute Gasteiger partial charge is 0.497 e. The highest BCUT2D eigenvalue weighted by Gasteiger charge is 2.15. The fraction of sp³-hybridized carbons (Fsp3) is 0.222. The number of rotatable bonds is 9. The Kier molecular flexibility index (Phi) is 7.30. The standard InChI is InChI=1S/C27H28N4O4/c1-17-6-10-19(11-7-17)26-29-24(14-18-8-12-21(32-2)13-9-18)30-27(31-26)28-20-15-22(33-3)25(35-5)23(16-20)34-4/h6-13,15-16H,14H2,1-5H3,(H,28,29,30,31). The molecule has 1 N–H and O–H groups in total. The maximum absolute atomic E-state index is 5.47. The van der Waals surface area contributed by atoms with Crippen LogP contribution in [0.2, 0.25) is 0 Å². The highest BCUT2D eigenvalue weighted by molar-refractivity contribution is 5.66. The monoisotopic (exact) mass is 472 g/mol. The number of aromatic nitrogens is 3. The normalized spacial score (nSPS) is 10.5. The molecule has 0 spiro atoms. The van der Waals surface area contributed by atoms with E-state index in [1.807, 2.05) is 55.5 Å². The van der Waals surface area contributed by atoms with E-state index in [9.17, 15) is 0 Å². The molecular formula is C27H28N4O4. The van der Waals surface area contributed by atoms with Crippen LogP contribution in [0, 0.1) is 6.92 Å². The molecular weight excluding hydrogens is 444 g/mol. The Bertz CT molecular complexity index is 1270. The van der Waals surface area contributed by atoms with Gasteiger partial charge in [0.05, 0.1) is 28.4 Å². The van der Waals surface area contributed by atoms with E-state index < -0.39 is 0 Å². The van der Waals surface area contributed by atoms with Gasteiger partial charge in [0.25, 0.3) is 0 Å². The summed E-state index contributed by atoms with van der Waals surface area (Å²) in [6.45, 7) is 2.05. The van der Waals surface area contributed by atoms with Crippen molar-refractivity contribution in [1.82, 2.24) is 15.0 Å². The van der Waals surface area contributed by atoms with E-state index in [0.29, 0.717) is 47.0 Å². The second kappa shape index (κ2) is 10.7. The molecule has 0 fully saturated rings. The first kappa shape index (κ1) is 23.8. The number of nitrogens with zero attached hydrogens (tertiary/aromatic N) is 3. The predicted octanol–water partition coefficient (Wildman–Crippen LogP) is 5.22. The van der Waals surface area contributed by atoms with Crippen molar-refractivity contribution in [3.8, 4) is 34.4 Å². The zero-order valence-electron chi connectivity index (χ0n) is 20.5. The smallest absolute Gasteiger partial charge is 0.231 e. The predicted molar refractivity (Wildman–Crippen MR) is 135 cm³/mol. The van der Waals surface area contributed by atoms with Gasteiger partial charge in [-0.25, -0.2) is 4.98 Å². The minimum Gasteiger partial charge on any atom is -0.497 e. The van der Waals surface area contributed by atoms with Gasteiger partial charge in [0, 0.05) is 29.8 Å². The number of aryl methyl sites for hydroxylation is 1. The molecule has 0 aliphatic carbocycles. The molecule has 0 atom stereocenters. The van der Waals surface area contributed by atoms with E-state index in [1.54, 1.807) is 40.6 Å². The molecule has 1 aromatic heterocycles. The minimum absolute atomic E-state index is 0.411. The van der Waals surface area contributed by atoms with E-state index in [-0.39, 0.29) is 0 Å². The zero-order valence-corrected chi connectivity index (χ0v) is 20.5. The number of hydrogen-bond acceptors (Lipinski definition) is 8. The summed E-state index contributed by atoms with van der Waals surface area (Å²) in [5.74, 6) is 4.00. The van der Waals surface area contributed by atoms with Crippen LogP contribution in [0.4, 0.5) is 11.6 Å². The van der Waals surface area contributed by atoms with Crippen molar-refractivity contribution in [2.24, 2.45) is 0 Å². The molecule has 0 amide bonds. The quantitative estimate of drug-likeness (QED) is 0.355. The SMILES string of the molecule is COc1ccc(Cc2nc(Nc3cc(OC)c(OC)c(OC)c3)nc(-c3ccc(C)cc3)n2)cc1. The Balaban J connectivity index is 1.73. The number of ether oxygens (including phenoxy) is 4. The van der Waals surface area contributed by atoms with Crippen molar-refractivity contribution >= 4 is 11.6 Å². The lowest BCUT2D eigenvalue weighted by Gasteiger charge is -2.15. The fourth-order valence-electron chi connectivity index (χ4n) is 3.59. The van der Waals surface area contributed by atoms with Gasteiger partial charge in [0.2, 0.25) is 11.7 Å². The molecule has 3 aromatic carbocycles. The van der Waals surface area contributed by atoms with E-state index in [2.05, 4.69) is 15.3 Å². The van der Waals surface area contributed by atoms with Crippen LogP contribution in [0.3, 0.4) is 0 Å². The molecule has 0 radical (unpaired) electrons. The van der Waals surface area contributed by atoms with Crippen LogP contribution in [0.15, 0.2) is 60.7 Å². The average molecular weight is 473 g/mol. The first-order chi connectivity index (χ1) is 17.0. The van der Waals surface area contributed by atoms with Gasteiger partial charge in [-0.15, -0.1) is 0 Å². The van der Waals surface area contributed by atoms with Crippen LogP contribution >= 0.6 is 0 Å². The van der Waals surface area contributed by atoms with Gasteiger partial charge in [-0.05, 0) is 24.6 Å². The Hall–Kier alpha value is -4.33. The molecule has 180 valence electrons. The highest BCUT2D eigenvalue weighted by Crippen LogP contribution is 2.40. The first-order valence-electron chi connectivity index (χ1n) is 11.0. The summed E-state index contributed by atoms with van der Waals surface area (Å²) in [4.78, 5) is 14.1. The van der Waals surface area contributed by atoms with Gasteiger partial charge in [-0.3, -0.25) is 0 Å². The lowest BCUT2D eigenvalue weighted by atomic mass is 10.1. The third kappa shape index (κ3) is 5.60. The number of benzene rings is 3. The van der Waals surface area contributed by atoms with E-state index in [1.165, 1.54) is 0 Å². The Labute approximate surface area is 204 Å². The summed E-state index contributed by atoms with van der Waals surface area (Å²) in [7, 11) is 6.37. The second-order valence-electron chi connectivity index (χ2n) is 7.83. The molecule has 4 aromatic rings. The van der Waals surface area contributed by atoms with Gasteiger partial charge in [-0.2, -0.15) is 9.97 Å². The van der Waals surface area contributed by atoms with Crippen molar-refractivity contribution in [1.29, 1.82) is 0 Å². The minimum atomic E-state index is 0.411. The maximum atomic E-state index is 5.47. The van der Waals surface area contributed by atoms with Crippen molar-refractivity contribution in [2.45, 2.75) is 13.3 Å². The molecule has 1 heterocycles. The highest BCUT2D eigenvalue weighted by atomic mass is 16.5. The van der Waals surface area contributed by atoms with Gasteiger partial charge < -0.3 is 24.3 Å². The molecule has 35 heavy (non-hydrogen) atoms. The molecule has 0 unspecified atom stereocenters. The third-order valence-electron chi connectivity index (χ3n) is 5.43. The molecule has 0 saturated heterocycles. The molecule has 0 saturated carbocycles. The van der Waals surface area contributed by atoms with Crippen LogP contribution < -0.4 is 24.3 Å². The lowest BCUT2D eigenvalue weighted by molar-refractivity contribution is 0.324. The Morgan fingerprint density at radius 2 is 1.37 bits per heavy atom. The molecule has 8 nitrogen and oxygen atoms in total. The fourth-order valence-corrected chi connectivity index (χ4v) is 3.59. The van der Waals surface area contributed by atoms with Gasteiger partial charge in [-0.1, -0.05) is 42.0 Å². The van der Waals surface area contributed by atoms with E-state index >= 15 is 0 Å². The second-order valence-corrected chi connectivity index (χ2v) is 7.83. The average Bonchev–Trinajstić information content (AvgIpc) is 2.88. The summed E-state index contributed by atoms with van der Waals surface area (Å²) in [5, 5.41) is 3.27. The Morgan fingerprint density at radius 1 is 0.714 bits per heavy atom. The summed E-state index contributed by atoms with van der Waals surface area (Å²) >= 11 is 0. The number of methoxy groups -OCH3 is 4. The molecule has 0 bridgehead atoms. The van der Waals surface area contributed by atoms with Gasteiger partial charge in [0.1, 0.15) is 11.6 Å². The van der Waals surface area contributed by atoms with Crippen LogP contribution in [0.25, 0.3) is 11.4 Å². The summed E-state index contributed by atoms with van der Waals surface area (Å²) in [6.07, 6.45) is 0.537. The molecule has 0 aliphatic rings. The van der Waals surface area contributed by atoms with Gasteiger partial charge in [0.15, 0.2) is 17.3 Å². The summed E-state index contributed by atoms with van der Waals surface area (Å²) in [6, 6.07) is 19.5. The van der Waals surface area contributed by atoms with Crippen molar-refractivity contribution < 1.29 is 18.9 Å². The van der Waals surface area contributed by atoms with Crippen molar-refractivity contribution in [3.63, 3.8) is 0 Å². The van der Waals surface area contributed by atoms with E-state index in [0.717, 1.165) is 22.4 Å². The van der Waals surface area contributed by atoms with Crippen LogP contribution in [-0.2, 0) is 6.42 Å². The third-order valence-corrected chi connectivity index (χ3v) is 5.43. The number of anilines is 2. The topological polar surface area (TPSA) is 87.6 Å². The zero-order chi connectivity index (χ0) is 24.8. The van der Waals surface area contributed by atoms with Crippen LogP contribution in [0.5, 0.6) is 23.0 Å². The van der Waals surface area contributed by atoms with E-state index in [4.69, 9.17) is 23.9 Å². The molecule has 8 heteroatoms. The Morgan fingerprint density at radius 3 is 1.94 bits per heavy atom. The van der Waals surface area contributed by atoms with Crippen molar-refractivity contribution in [3.05, 3.63) is 77.6 Å². The maximum Gasteiger partial charge on any atom is 0.231 e. The first-order valence-corrected chi connectivity index (χ1v) is 11.0. The summed E-state index contributed by atoms with van der Waals surface area (Å²) in [5.41, 5.74) is 3.82. The molecule has 4 rings (SSSR count). The number of nitrogens with one attached hydrogen (secondary N) is 1. The van der Waals surface area contributed by atoms with Crippen molar-refractivity contribution in [2.75, 3.05) is 33.8 Å². The number of hydrogen-bond donors (Lipinski definition) is 1. The molecule has 0 aliphatic heterocycles. The summed E-state index contributed by atoms with van der Waals surface area (Å²) < 4.78 is 21.6. The van der Waals surface area contributed by atoms with Gasteiger partial charge >= 0.3 is 0 Å². The van der Waals surface area contributed by atoms with Crippen LogP contribution in [0.1, 0.15) is 17.0 Å².